The number of carbonyl (C=O) groups is 1. The topological polar surface area (TPSA) is 143 Å². The van der Waals surface area contributed by atoms with E-state index in [0.717, 1.165) is 6.21 Å². The lowest BCUT2D eigenvalue weighted by Crippen LogP contribution is -2.46. The van der Waals surface area contributed by atoms with E-state index in [1.165, 1.54) is 6.92 Å². The van der Waals surface area contributed by atoms with E-state index >= 15 is 0 Å². The summed E-state index contributed by atoms with van der Waals surface area (Å²) >= 11 is 0. The third-order valence-corrected chi connectivity index (χ3v) is 1.73. The lowest BCUT2D eigenvalue weighted by molar-refractivity contribution is -0.119. The van der Waals surface area contributed by atoms with Crippen LogP contribution in [0, 0.1) is 0 Å². The number of nitrogens with one attached hydrogen (secondary N) is 1. The summed E-state index contributed by atoms with van der Waals surface area (Å²) in [6, 6.07) is 0. The highest BCUT2D eigenvalue weighted by molar-refractivity contribution is 5.74. The van der Waals surface area contributed by atoms with Crippen molar-refractivity contribution < 1.29 is 30.3 Å². The Balaban J connectivity index is 4.21. The molecule has 6 N–H and O–H groups in total. The lowest BCUT2D eigenvalue weighted by atomic mass is 10.0. The van der Waals surface area contributed by atoms with E-state index in [-0.39, 0.29) is 0 Å². The molecule has 0 bridgehead atoms. The van der Waals surface area contributed by atoms with Crippen molar-refractivity contribution in [2.24, 2.45) is 5.10 Å². The molecular weight excluding hydrogens is 220 g/mol. The fourth-order valence-electron chi connectivity index (χ4n) is 0.830. The molecule has 16 heavy (non-hydrogen) atoms. The Morgan fingerprint density at radius 1 is 1.31 bits per heavy atom. The van der Waals surface area contributed by atoms with Gasteiger partial charge in [-0.15, -0.1) is 0 Å². The van der Waals surface area contributed by atoms with Crippen molar-refractivity contribution in [1.29, 1.82) is 0 Å². The summed E-state index contributed by atoms with van der Waals surface area (Å²) in [5, 5.41) is 48.5. The van der Waals surface area contributed by atoms with Crippen molar-refractivity contribution in [1.82, 2.24) is 5.43 Å². The highest BCUT2D eigenvalue weighted by Gasteiger charge is 2.29. The predicted octanol–water partition coefficient (Wildman–Crippen LogP) is -3.46. The predicted molar refractivity (Wildman–Crippen MR) is 53.4 cm³/mol. The zero-order valence-electron chi connectivity index (χ0n) is 8.69. The minimum atomic E-state index is -1.72. The summed E-state index contributed by atoms with van der Waals surface area (Å²) in [6.45, 7) is 0.443. The fourth-order valence-corrected chi connectivity index (χ4v) is 0.830. The first-order valence-electron chi connectivity index (χ1n) is 4.53. The van der Waals surface area contributed by atoms with Crippen LogP contribution in [0.2, 0.25) is 0 Å². The maximum Gasteiger partial charge on any atom is 0.236 e. The molecule has 0 fully saturated rings. The summed E-state index contributed by atoms with van der Waals surface area (Å²) in [5.74, 6) is -0.464. The average Bonchev–Trinajstić information content (AvgIpc) is 2.25. The molecule has 0 rings (SSSR count). The van der Waals surface area contributed by atoms with Gasteiger partial charge in [0, 0.05) is 6.92 Å². The summed E-state index contributed by atoms with van der Waals surface area (Å²) < 4.78 is 0. The normalized spacial score (nSPS) is 19.1. The van der Waals surface area contributed by atoms with Gasteiger partial charge in [0.05, 0.1) is 12.8 Å². The summed E-state index contributed by atoms with van der Waals surface area (Å²) in [4.78, 5) is 10.4. The Morgan fingerprint density at radius 2 is 1.88 bits per heavy atom. The van der Waals surface area contributed by atoms with Crippen molar-refractivity contribution in [2.75, 3.05) is 6.61 Å². The molecule has 0 aromatic rings. The van der Waals surface area contributed by atoms with Gasteiger partial charge < -0.3 is 25.5 Å². The first kappa shape index (κ1) is 14.9. The van der Waals surface area contributed by atoms with Crippen LogP contribution in [0.25, 0.3) is 0 Å². The lowest BCUT2D eigenvalue weighted by Gasteiger charge is -2.23. The highest BCUT2D eigenvalue weighted by atomic mass is 16.4. The van der Waals surface area contributed by atoms with Gasteiger partial charge in [0.2, 0.25) is 5.91 Å². The molecule has 0 aliphatic rings. The van der Waals surface area contributed by atoms with E-state index in [0.29, 0.717) is 0 Å². The number of hydrogen-bond donors (Lipinski definition) is 6. The minimum Gasteiger partial charge on any atom is -0.394 e. The first-order valence-corrected chi connectivity index (χ1v) is 4.53. The van der Waals surface area contributed by atoms with Gasteiger partial charge in [0.15, 0.2) is 0 Å². The van der Waals surface area contributed by atoms with E-state index in [2.05, 4.69) is 5.10 Å². The number of hydrazone groups is 1. The van der Waals surface area contributed by atoms with Gasteiger partial charge in [0.1, 0.15) is 24.4 Å². The SMILES string of the molecule is CC(=O)NN=C[C@H](O)[C@@H](O)[C@@H](O)[C@H](O)CO. The highest BCUT2D eigenvalue weighted by Crippen LogP contribution is 2.03. The molecule has 0 saturated carbocycles. The van der Waals surface area contributed by atoms with Crippen molar-refractivity contribution in [3.63, 3.8) is 0 Å². The Kier molecular flexibility index (Phi) is 6.77. The molecule has 1 amide bonds. The average molecular weight is 236 g/mol. The quantitative estimate of drug-likeness (QED) is 0.209. The largest absolute Gasteiger partial charge is 0.394 e. The minimum absolute atomic E-state index is 0.464. The molecule has 8 nitrogen and oxygen atoms in total. The van der Waals surface area contributed by atoms with Crippen LogP contribution >= 0.6 is 0 Å². The molecule has 0 aromatic heterocycles. The third-order valence-electron chi connectivity index (χ3n) is 1.73. The maximum atomic E-state index is 10.4. The Hall–Kier alpha value is -1.06. The van der Waals surface area contributed by atoms with Crippen LogP contribution in [-0.4, -0.2) is 68.7 Å². The van der Waals surface area contributed by atoms with Crippen LogP contribution in [0.4, 0.5) is 0 Å². The van der Waals surface area contributed by atoms with E-state index in [9.17, 15) is 20.1 Å². The third kappa shape index (κ3) is 5.14. The summed E-state index contributed by atoms with van der Waals surface area (Å²) in [6.07, 6.45) is -5.80. The molecule has 0 unspecified atom stereocenters. The fraction of sp³-hybridized carbons (Fsp3) is 0.750. The second-order valence-electron chi connectivity index (χ2n) is 3.17. The Labute approximate surface area is 91.8 Å². The molecule has 0 aliphatic carbocycles. The first-order chi connectivity index (χ1) is 7.40. The zero-order chi connectivity index (χ0) is 12.7. The molecular formula is C8H16N2O6. The molecule has 0 heterocycles. The molecule has 0 aromatic carbocycles. The van der Waals surface area contributed by atoms with Gasteiger partial charge in [-0.1, -0.05) is 0 Å². The monoisotopic (exact) mass is 236 g/mol. The number of aliphatic hydroxyl groups excluding tert-OH is 5. The van der Waals surface area contributed by atoms with Gasteiger partial charge >= 0.3 is 0 Å². The van der Waals surface area contributed by atoms with Crippen LogP contribution < -0.4 is 5.43 Å². The Morgan fingerprint density at radius 3 is 2.31 bits per heavy atom. The standard InChI is InChI=1S/C8H16N2O6/c1-4(12)10-9-2-5(13)7(15)8(16)6(14)3-11/h2,5-8,11,13-16H,3H2,1H3,(H,10,12)/t5-,6+,7+,8-/m0/s1. The Bertz CT molecular complexity index is 247. The molecule has 0 radical (unpaired) electrons. The van der Waals surface area contributed by atoms with Crippen LogP contribution in [0.1, 0.15) is 6.92 Å². The van der Waals surface area contributed by atoms with Crippen LogP contribution in [-0.2, 0) is 4.79 Å². The van der Waals surface area contributed by atoms with Gasteiger partial charge in [-0.3, -0.25) is 4.79 Å². The second kappa shape index (κ2) is 7.25. The molecule has 4 atom stereocenters. The van der Waals surface area contributed by atoms with Crippen molar-refractivity contribution in [2.45, 2.75) is 31.3 Å². The van der Waals surface area contributed by atoms with E-state index in [4.69, 9.17) is 10.2 Å². The van der Waals surface area contributed by atoms with Gasteiger partial charge in [-0.25, -0.2) is 5.43 Å². The number of carbonyl (C=O) groups excluding carboxylic acids is 1. The number of amides is 1. The van der Waals surface area contributed by atoms with Crippen molar-refractivity contribution in [3.05, 3.63) is 0 Å². The van der Waals surface area contributed by atoms with Crippen LogP contribution in [0.5, 0.6) is 0 Å². The molecule has 94 valence electrons. The molecule has 0 aliphatic heterocycles. The van der Waals surface area contributed by atoms with Gasteiger partial charge in [-0.05, 0) is 0 Å². The molecule has 8 heteroatoms. The summed E-state index contributed by atoms with van der Waals surface area (Å²) in [7, 11) is 0. The van der Waals surface area contributed by atoms with Gasteiger partial charge in [0.25, 0.3) is 0 Å². The van der Waals surface area contributed by atoms with Crippen LogP contribution in [0.15, 0.2) is 5.10 Å². The van der Waals surface area contributed by atoms with E-state index in [1.807, 2.05) is 5.43 Å². The zero-order valence-corrected chi connectivity index (χ0v) is 8.69. The maximum absolute atomic E-state index is 10.4. The molecule has 0 spiro atoms. The number of aliphatic hydroxyl groups is 5. The number of nitrogens with zero attached hydrogens (tertiary/aromatic N) is 1. The second-order valence-corrected chi connectivity index (χ2v) is 3.17. The number of hydrogen-bond acceptors (Lipinski definition) is 7. The van der Waals surface area contributed by atoms with E-state index < -0.39 is 36.9 Å². The smallest absolute Gasteiger partial charge is 0.236 e. The van der Waals surface area contributed by atoms with Crippen molar-refractivity contribution >= 4 is 12.1 Å². The van der Waals surface area contributed by atoms with Crippen molar-refractivity contribution in [3.8, 4) is 0 Å². The van der Waals surface area contributed by atoms with Crippen LogP contribution in [0.3, 0.4) is 0 Å². The molecule has 0 saturated heterocycles. The van der Waals surface area contributed by atoms with E-state index in [1.54, 1.807) is 0 Å². The van der Waals surface area contributed by atoms with Gasteiger partial charge in [-0.2, -0.15) is 5.10 Å². The number of rotatable bonds is 6. The summed E-state index contributed by atoms with van der Waals surface area (Å²) in [5.41, 5.74) is 1.98.